The van der Waals surface area contributed by atoms with Crippen LogP contribution in [0.4, 0.5) is 0 Å². The standard InChI is InChI=1S/C12H17BrO4/c1-7(15)8(2)17-12-10(13)4-9(6-14)5-11(12)16-3/h4-5,7-8,14-15H,6H2,1-3H3. The van der Waals surface area contributed by atoms with Crippen molar-refractivity contribution < 1.29 is 19.7 Å². The molecule has 0 saturated heterocycles. The van der Waals surface area contributed by atoms with Crippen LogP contribution in [0.1, 0.15) is 19.4 Å². The summed E-state index contributed by atoms with van der Waals surface area (Å²) in [6.45, 7) is 3.37. The second-order valence-electron chi connectivity index (χ2n) is 3.83. The fourth-order valence-corrected chi connectivity index (χ4v) is 1.85. The highest BCUT2D eigenvalue weighted by atomic mass is 79.9. The van der Waals surface area contributed by atoms with Crippen molar-refractivity contribution in [1.29, 1.82) is 0 Å². The van der Waals surface area contributed by atoms with Gasteiger partial charge in [-0.2, -0.15) is 0 Å². The van der Waals surface area contributed by atoms with E-state index in [4.69, 9.17) is 14.6 Å². The van der Waals surface area contributed by atoms with Crippen molar-refractivity contribution in [2.75, 3.05) is 7.11 Å². The molecule has 96 valence electrons. The highest BCUT2D eigenvalue weighted by Crippen LogP contribution is 2.37. The summed E-state index contributed by atoms with van der Waals surface area (Å²) in [7, 11) is 1.53. The molecular weight excluding hydrogens is 288 g/mol. The van der Waals surface area contributed by atoms with Gasteiger partial charge in [0.05, 0.1) is 24.3 Å². The molecule has 0 spiro atoms. The van der Waals surface area contributed by atoms with Crippen molar-refractivity contribution >= 4 is 15.9 Å². The maximum Gasteiger partial charge on any atom is 0.175 e. The van der Waals surface area contributed by atoms with Crippen molar-refractivity contribution in [2.45, 2.75) is 32.7 Å². The monoisotopic (exact) mass is 304 g/mol. The van der Waals surface area contributed by atoms with Gasteiger partial charge in [-0.05, 0) is 47.5 Å². The summed E-state index contributed by atoms with van der Waals surface area (Å²) in [5.74, 6) is 1.05. The van der Waals surface area contributed by atoms with Gasteiger partial charge in [0, 0.05) is 0 Å². The summed E-state index contributed by atoms with van der Waals surface area (Å²) in [5, 5.41) is 18.5. The third kappa shape index (κ3) is 3.59. The smallest absolute Gasteiger partial charge is 0.175 e. The molecule has 4 nitrogen and oxygen atoms in total. The molecule has 0 amide bonds. The maximum absolute atomic E-state index is 9.42. The van der Waals surface area contributed by atoms with Gasteiger partial charge in [-0.3, -0.25) is 0 Å². The molecule has 0 aliphatic carbocycles. The van der Waals surface area contributed by atoms with E-state index >= 15 is 0 Å². The molecule has 0 aromatic heterocycles. The molecule has 0 saturated carbocycles. The predicted molar refractivity (Wildman–Crippen MR) is 68.4 cm³/mol. The average molecular weight is 305 g/mol. The lowest BCUT2D eigenvalue weighted by atomic mass is 10.2. The highest BCUT2D eigenvalue weighted by Gasteiger charge is 2.17. The Hall–Kier alpha value is -0.780. The molecule has 2 N–H and O–H groups in total. The van der Waals surface area contributed by atoms with E-state index in [1.807, 2.05) is 0 Å². The summed E-state index contributed by atoms with van der Waals surface area (Å²) in [6.07, 6.45) is -0.927. The Kier molecular flexibility index (Phi) is 5.24. The summed E-state index contributed by atoms with van der Waals surface area (Å²) in [4.78, 5) is 0. The maximum atomic E-state index is 9.42. The molecule has 5 heteroatoms. The molecule has 2 atom stereocenters. The minimum absolute atomic E-state index is 0.0683. The van der Waals surface area contributed by atoms with Crippen LogP contribution in [-0.2, 0) is 6.61 Å². The minimum atomic E-state index is -0.580. The summed E-state index contributed by atoms with van der Waals surface area (Å²) in [5.41, 5.74) is 0.728. The van der Waals surface area contributed by atoms with Crippen LogP contribution in [0.15, 0.2) is 16.6 Å². The van der Waals surface area contributed by atoms with E-state index in [2.05, 4.69) is 15.9 Å². The Labute approximate surface area is 109 Å². The Balaban J connectivity index is 3.05. The minimum Gasteiger partial charge on any atom is -0.493 e. The Bertz CT molecular complexity index is 379. The first kappa shape index (κ1) is 14.3. The Morgan fingerprint density at radius 3 is 2.47 bits per heavy atom. The lowest BCUT2D eigenvalue weighted by Gasteiger charge is -2.20. The fourth-order valence-electron chi connectivity index (χ4n) is 1.26. The number of aliphatic hydroxyl groups is 2. The zero-order valence-corrected chi connectivity index (χ0v) is 11.7. The third-order valence-electron chi connectivity index (χ3n) is 2.45. The molecule has 0 heterocycles. The van der Waals surface area contributed by atoms with E-state index in [-0.39, 0.29) is 12.7 Å². The van der Waals surface area contributed by atoms with Gasteiger partial charge in [-0.15, -0.1) is 0 Å². The van der Waals surface area contributed by atoms with Gasteiger partial charge in [0.1, 0.15) is 6.10 Å². The lowest BCUT2D eigenvalue weighted by molar-refractivity contribution is 0.0581. The van der Waals surface area contributed by atoms with E-state index in [1.165, 1.54) is 7.11 Å². The number of hydrogen-bond acceptors (Lipinski definition) is 4. The molecule has 1 aromatic rings. The second kappa shape index (κ2) is 6.23. The van der Waals surface area contributed by atoms with Gasteiger partial charge >= 0.3 is 0 Å². The van der Waals surface area contributed by atoms with Crippen LogP contribution >= 0.6 is 15.9 Å². The molecule has 2 unspecified atom stereocenters. The normalized spacial score (nSPS) is 14.2. The van der Waals surface area contributed by atoms with E-state index in [1.54, 1.807) is 26.0 Å². The first-order valence-electron chi connectivity index (χ1n) is 5.31. The molecule has 0 radical (unpaired) electrons. The molecular formula is C12H17BrO4. The van der Waals surface area contributed by atoms with Crippen molar-refractivity contribution in [3.8, 4) is 11.5 Å². The van der Waals surface area contributed by atoms with Crippen LogP contribution < -0.4 is 9.47 Å². The lowest BCUT2D eigenvalue weighted by Crippen LogP contribution is -2.26. The average Bonchev–Trinajstić information content (AvgIpc) is 2.30. The third-order valence-corrected chi connectivity index (χ3v) is 3.04. The number of aliphatic hydroxyl groups excluding tert-OH is 2. The molecule has 0 aliphatic rings. The summed E-state index contributed by atoms with van der Waals surface area (Å²) in [6, 6.07) is 3.46. The van der Waals surface area contributed by atoms with Gasteiger partial charge in [-0.1, -0.05) is 0 Å². The second-order valence-corrected chi connectivity index (χ2v) is 4.69. The van der Waals surface area contributed by atoms with Crippen molar-refractivity contribution in [3.05, 3.63) is 22.2 Å². The summed E-state index contributed by atoms with van der Waals surface area (Å²) < 4.78 is 11.5. The van der Waals surface area contributed by atoms with Crippen LogP contribution in [0, 0.1) is 0 Å². The molecule has 17 heavy (non-hydrogen) atoms. The number of halogens is 1. The SMILES string of the molecule is COc1cc(CO)cc(Br)c1OC(C)C(C)O. The number of benzene rings is 1. The van der Waals surface area contributed by atoms with E-state index in [9.17, 15) is 5.11 Å². The Morgan fingerprint density at radius 1 is 1.35 bits per heavy atom. The molecule has 0 fully saturated rings. The molecule has 1 rings (SSSR count). The van der Waals surface area contributed by atoms with Crippen LogP contribution in [0.25, 0.3) is 0 Å². The number of rotatable bonds is 5. The van der Waals surface area contributed by atoms with Crippen LogP contribution in [0.2, 0.25) is 0 Å². The first-order chi connectivity index (χ1) is 7.99. The largest absolute Gasteiger partial charge is 0.493 e. The number of ether oxygens (including phenoxy) is 2. The van der Waals surface area contributed by atoms with E-state index < -0.39 is 6.10 Å². The van der Waals surface area contributed by atoms with Gasteiger partial charge in [0.15, 0.2) is 11.5 Å². The quantitative estimate of drug-likeness (QED) is 0.874. The predicted octanol–water partition coefficient (Wildman–Crippen LogP) is 2.10. The fraction of sp³-hybridized carbons (Fsp3) is 0.500. The molecule has 0 bridgehead atoms. The Morgan fingerprint density at radius 2 is 2.00 bits per heavy atom. The van der Waals surface area contributed by atoms with Crippen molar-refractivity contribution in [1.82, 2.24) is 0 Å². The van der Waals surface area contributed by atoms with Crippen LogP contribution in [0.5, 0.6) is 11.5 Å². The number of hydrogen-bond donors (Lipinski definition) is 2. The zero-order valence-electron chi connectivity index (χ0n) is 10.1. The molecule has 0 aliphatic heterocycles. The van der Waals surface area contributed by atoms with E-state index in [0.29, 0.717) is 16.0 Å². The molecule has 1 aromatic carbocycles. The van der Waals surface area contributed by atoms with Crippen LogP contribution in [-0.4, -0.2) is 29.5 Å². The topological polar surface area (TPSA) is 58.9 Å². The highest BCUT2D eigenvalue weighted by molar-refractivity contribution is 9.10. The number of methoxy groups -OCH3 is 1. The van der Waals surface area contributed by atoms with Gasteiger partial charge in [-0.25, -0.2) is 0 Å². The van der Waals surface area contributed by atoms with Gasteiger partial charge in [0.25, 0.3) is 0 Å². The zero-order chi connectivity index (χ0) is 13.0. The van der Waals surface area contributed by atoms with Crippen LogP contribution in [0.3, 0.4) is 0 Å². The first-order valence-corrected chi connectivity index (χ1v) is 6.10. The van der Waals surface area contributed by atoms with Gasteiger partial charge in [0.2, 0.25) is 0 Å². The summed E-state index contributed by atoms with van der Waals surface area (Å²) >= 11 is 3.36. The van der Waals surface area contributed by atoms with Crippen molar-refractivity contribution in [2.24, 2.45) is 0 Å². The van der Waals surface area contributed by atoms with Gasteiger partial charge < -0.3 is 19.7 Å². The van der Waals surface area contributed by atoms with Crippen molar-refractivity contribution in [3.63, 3.8) is 0 Å². The van der Waals surface area contributed by atoms with E-state index in [0.717, 1.165) is 5.56 Å².